The van der Waals surface area contributed by atoms with Gasteiger partial charge in [-0.3, -0.25) is 4.79 Å². The average molecular weight is 638 g/mol. The number of hydrogen-bond acceptors (Lipinski definition) is 6. The molecule has 9 heteroatoms. The Bertz CT molecular complexity index is 1680. The van der Waals surface area contributed by atoms with E-state index in [1.54, 1.807) is 14.5 Å². The fourth-order valence-corrected chi connectivity index (χ4v) is 6.14. The zero-order valence-electron chi connectivity index (χ0n) is 28.9. The number of rotatable bonds is 8. The molecule has 2 atom stereocenters. The molecule has 2 unspecified atom stereocenters. The molecule has 1 aromatic heterocycles. The Morgan fingerprint density at radius 3 is 2.23 bits per heavy atom. The van der Waals surface area contributed by atoms with Crippen molar-refractivity contribution in [3.63, 3.8) is 0 Å². The van der Waals surface area contributed by atoms with Crippen molar-refractivity contribution in [3.05, 3.63) is 106 Å². The van der Waals surface area contributed by atoms with Crippen LogP contribution in [0.3, 0.4) is 0 Å². The van der Waals surface area contributed by atoms with E-state index in [0.717, 1.165) is 52.2 Å². The van der Waals surface area contributed by atoms with Crippen LogP contribution in [0.5, 0.6) is 5.75 Å². The van der Waals surface area contributed by atoms with Gasteiger partial charge in [-0.1, -0.05) is 47.2 Å². The Morgan fingerprint density at radius 2 is 1.62 bits per heavy atom. The summed E-state index contributed by atoms with van der Waals surface area (Å²) < 4.78 is 13.5. The maximum absolute atomic E-state index is 13.3. The van der Waals surface area contributed by atoms with Gasteiger partial charge < -0.3 is 19.3 Å². The zero-order chi connectivity index (χ0) is 33.9. The molecule has 1 saturated heterocycles. The number of hydrogen-bond donors (Lipinski definition) is 0. The molecular formula is C38H47N5O4. The Kier molecular flexibility index (Phi) is 10.0. The Balaban J connectivity index is 1.17. The summed E-state index contributed by atoms with van der Waals surface area (Å²) in [5.74, 6) is 1.03. The fourth-order valence-electron chi connectivity index (χ4n) is 6.14. The molecule has 0 saturated carbocycles. The van der Waals surface area contributed by atoms with Gasteiger partial charge in [0.25, 0.3) is 5.91 Å². The largest absolute Gasteiger partial charge is 0.488 e. The predicted octanol–water partition coefficient (Wildman–Crippen LogP) is 7.55. The minimum atomic E-state index is -0.519. The van der Waals surface area contributed by atoms with Gasteiger partial charge in [-0.15, -0.1) is 5.10 Å². The van der Waals surface area contributed by atoms with Crippen LogP contribution in [0.15, 0.2) is 66.9 Å². The highest BCUT2D eigenvalue weighted by molar-refractivity contribution is 5.94. The fraction of sp³-hybridized carbons (Fsp3) is 0.421. The number of aromatic nitrogens is 3. The van der Waals surface area contributed by atoms with Gasteiger partial charge in [0.05, 0.1) is 17.6 Å². The van der Waals surface area contributed by atoms with Gasteiger partial charge in [-0.05, 0) is 108 Å². The van der Waals surface area contributed by atoms with E-state index in [1.807, 2.05) is 79.1 Å². The van der Waals surface area contributed by atoms with Crippen molar-refractivity contribution >= 4 is 12.0 Å². The molecule has 1 aliphatic heterocycles. The van der Waals surface area contributed by atoms with Crippen LogP contribution in [-0.2, 0) is 17.9 Å². The first-order valence-electron chi connectivity index (χ1n) is 16.3. The summed E-state index contributed by atoms with van der Waals surface area (Å²) >= 11 is 0. The van der Waals surface area contributed by atoms with Gasteiger partial charge in [0, 0.05) is 37.7 Å². The molecule has 2 amide bonds. The van der Waals surface area contributed by atoms with Gasteiger partial charge in [-0.25, -0.2) is 9.48 Å². The van der Waals surface area contributed by atoms with Crippen molar-refractivity contribution in [1.29, 1.82) is 0 Å². The number of aryl methyl sites for hydroxylation is 3. The van der Waals surface area contributed by atoms with Gasteiger partial charge in [0.2, 0.25) is 0 Å². The lowest BCUT2D eigenvalue weighted by Gasteiger charge is -2.37. The lowest BCUT2D eigenvalue weighted by Crippen LogP contribution is -2.46. The van der Waals surface area contributed by atoms with E-state index in [1.165, 1.54) is 5.56 Å². The highest BCUT2D eigenvalue weighted by Gasteiger charge is 2.33. The van der Waals surface area contributed by atoms with Crippen molar-refractivity contribution in [2.75, 3.05) is 13.6 Å². The van der Waals surface area contributed by atoms with E-state index < -0.39 is 5.60 Å². The third-order valence-electron chi connectivity index (χ3n) is 8.60. The lowest BCUT2D eigenvalue weighted by molar-refractivity contribution is 0.0102. The number of likely N-dealkylation sites (tertiary alicyclic amines) is 1. The molecule has 1 fully saturated rings. The van der Waals surface area contributed by atoms with Gasteiger partial charge in [0.15, 0.2) is 0 Å². The first-order valence-corrected chi connectivity index (χ1v) is 16.3. The molecule has 2 heterocycles. The molecule has 9 nitrogen and oxygen atoms in total. The normalized spacial score (nSPS) is 16.6. The minimum Gasteiger partial charge on any atom is -0.488 e. The molecule has 0 spiro atoms. The second-order valence-electron chi connectivity index (χ2n) is 13.9. The van der Waals surface area contributed by atoms with Crippen molar-refractivity contribution in [3.8, 4) is 11.4 Å². The quantitative estimate of drug-likeness (QED) is 0.198. The molecule has 248 valence electrons. The minimum absolute atomic E-state index is 0.0409. The molecule has 47 heavy (non-hydrogen) atoms. The molecule has 0 aliphatic carbocycles. The summed E-state index contributed by atoms with van der Waals surface area (Å²) in [5.41, 5.74) is 7.32. The highest BCUT2D eigenvalue weighted by Crippen LogP contribution is 2.32. The van der Waals surface area contributed by atoms with E-state index >= 15 is 0 Å². The van der Waals surface area contributed by atoms with Crippen molar-refractivity contribution in [2.45, 2.75) is 92.0 Å². The SMILES string of the molecule is Cc1ccc(COc2c(C)cc(CN(C)C(=O)c3ccc(-n4cc(C5CCN(C(=O)OC(C)(C)C)C(C)C5)nn4)cc3)cc2C)cc1. The Hall–Kier alpha value is -4.66. The number of carbonyl (C=O) groups is 2. The smallest absolute Gasteiger partial charge is 0.410 e. The van der Waals surface area contributed by atoms with Gasteiger partial charge >= 0.3 is 6.09 Å². The highest BCUT2D eigenvalue weighted by atomic mass is 16.6. The molecule has 3 aromatic carbocycles. The summed E-state index contributed by atoms with van der Waals surface area (Å²) in [4.78, 5) is 29.5. The number of carbonyl (C=O) groups excluding carboxylic acids is 2. The Labute approximate surface area is 278 Å². The Morgan fingerprint density at radius 1 is 0.957 bits per heavy atom. The van der Waals surface area contributed by atoms with Gasteiger partial charge in [-0.2, -0.15) is 0 Å². The summed E-state index contributed by atoms with van der Waals surface area (Å²) in [6.45, 7) is 15.5. The first kappa shape index (κ1) is 33.7. The van der Waals surface area contributed by atoms with E-state index in [-0.39, 0.29) is 24.0 Å². The van der Waals surface area contributed by atoms with Crippen molar-refractivity contribution in [1.82, 2.24) is 24.8 Å². The van der Waals surface area contributed by atoms with Crippen LogP contribution < -0.4 is 4.74 Å². The van der Waals surface area contributed by atoms with Crippen LogP contribution in [0, 0.1) is 20.8 Å². The maximum atomic E-state index is 13.3. The van der Waals surface area contributed by atoms with Crippen LogP contribution in [0.25, 0.3) is 5.69 Å². The third kappa shape index (κ3) is 8.39. The topological polar surface area (TPSA) is 89.8 Å². The third-order valence-corrected chi connectivity index (χ3v) is 8.60. The summed E-state index contributed by atoms with van der Waals surface area (Å²) in [7, 11) is 1.82. The molecule has 0 bridgehead atoms. The van der Waals surface area contributed by atoms with Crippen molar-refractivity contribution in [2.24, 2.45) is 0 Å². The number of nitrogens with zero attached hydrogens (tertiary/aromatic N) is 5. The van der Waals surface area contributed by atoms with Crippen LogP contribution >= 0.6 is 0 Å². The van der Waals surface area contributed by atoms with Crippen LogP contribution in [-0.4, -0.2) is 62.0 Å². The second-order valence-corrected chi connectivity index (χ2v) is 13.9. The van der Waals surface area contributed by atoms with Crippen molar-refractivity contribution < 1.29 is 19.1 Å². The maximum Gasteiger partial charge on any atom is 0.410 e. The van der Waals surface area contributed by atoms with Crippen LogP contribution in [0.4, 0.5) is 4.79 Å². The molecule has 1 aliphatic rings. The zero-order valence-corrected chi connectivity index (χ0v) is 28.9. The lowest BCUT2D eigenvalue weighted by atomic mass is 9.89. The van der Waals surface area contributed by atoms with E-state index in [0.29, 0.717) is 25.3 Å². The monoisotopic (exact) mass is 637 g/mol. The number of ether oxygens (including phenoxy) is 2. The molecule has 0 N–H and O–H groups in total. The second kappa shape index (κ2) is 14.0. The summed E-state index contributed by atoms with van der Waals surface area (Å²) in [6.07, 6.45) is 3.27. The average Bonchev–Trinajstić information content (AvgIpc) is 3.51. The van der Waals surface area contributed by atoms with E-state index in [4.69, 9.17) is 9.47 Å². The number of piperidine rings is 1. The van der Waals surface area contributed by atoms with E-state index in [2.05, 4.69) is 53.6 Å². The molecular weight excluding hydrogens is 590 g/mol. The molecule has 5 rings (SSSR count). The number of amides is 2. The molecule has 0 radical (unpaired) electrons. The van der Waals surface area contributed by atoms with Crippen LogP contribution in [0.2, 0.25) is 0 Å². The summed E-state index contributed by atoms with van der Waals surface area (Å²) in [5, 5.41) is 8.82. The van der Waals surface area contributed by atoms with Crippen LogP contribution in [0.1, 0.15) is 90.3 Å². The van der Waals surface area contributed by atoms with E-state index in [9.17, 15) is 9.59 Å². The standard InChI is InChI=1S/C38H47N5O4/c1-25-9-11-29(12-10-25)24-46-35-26(2)19-30(20-27(35)3)22-41(8)36(44)31-13-15-33(16-14-31)43-23-34(39-40-43)32-17-18-42(28(4)21-32)37(45)47-38(5,6)7/h9-16,19-20,23,28,32H,17-18,21-22,24H2,1-8H3. The first-order chi connectivity index (χ1) is 22.3. The predicted molar refractivity (Wildman–Crippen MR) is 183 cm³/mol. The number of benzene rings is 3. The van der Waals surface area contributed by atoms with Gasteiger partial charge in [0.1, 0.15) is 18.0 Å². The summed E-state index contributed by atoms with van der Waals surface area (Å²) in [6, 6.07) is 20.0. The molecule has 4 aromatic rings.